The largest absolute Gasteiger partial charge is 0.494 e. The molecule has 5 heteroatoms. The molecule has 0 saturated carbocycles. The monoisotopic (exact) mass is 445 g/mol. The Morgan fingerprint density at radius 3 is 1.72 bits per heavy atom. The summed E-state index contributed by atoms with van der Waals surface area (Å²) in [6, 6.07) is 7.54. The lowest BCUT2D eigenvalue weighted by molar-refractivity contribution is -0.130. The van der Waals surface area contributed by atoms with Crippen LogP contribution in [0.25, 0.3) is 0 Å². The molecule has 1 aromatic rings. The predicted molar refractivity (Wildman–Crippen MR) is 131 cm³/mol. The summed E-state index contributed by atoms with van der Waals surface area (Å²) in [6.07, 6.45) is 19.2. The van der Waals surface area contributed by atoms with Gasteiger partial charge in [-0.3, -0.25) is 10.2 Å². The van der Waals surface area contributed by atoms with Crippen molar-refractivity contribution in [1.82, 2.24) is 0 Å². The van der Waals surface area contributed by atoms with E-state index in [0.717, 1.165) is 17.7 Å². The van der Waals surface area contributed by atoms with E-state index in [4.69, 9.17) is 15.3 Å². The van der Waals surface area contributed by atoms with Crippen molar-refractivity contribution < 1.29 is 19.4 Å². The zero-order valence-electron chi connectivity index (χ0n) is 20.0. The molecule has 2 N–H and O–H groups in total. The molecule has 0 aromatic heterocycles. The minimum atomic E-state index is -1.47. The third kappa shape index (κ3) is 14.0. The van der Waals surface area contributed by atoms with Gasteiger partial charge >= 0.3 is 5.97 Å². The Morgan fingerprint density at radius 2 is 1.25 bits per heavy atom. The van der Waals surface area contributed by atoms with Gasteiger partial charge in [-0.15, -0.1) is 0 Å². The highest BCUT2D eigenvalue weighted by Crippen LogP contribution is 2.16. The number of carbonyl (C=O) groups excluding carboxylic acids is 1. The van der Waals surface area contributed by atoms with E-state index in [1.807, 2.05) is 24.3 Å². The second-order valence-electron chi connectivity index (χ2n) is 8.69. The molecule has 0 aliphatic rings. The lowest BCUT2D eigenvalue weighted by atomic mass is 10.0. The number of carboxylic acid groups (broad SMARTS) is 1. The first-order chi connectivity index (χ1) is 15.5. The fourth-order valence-electron chi connectivity index (χ4n) is 3.74. The Balaban J connectivity index is 1.96. The number of carboxylic acids is 1. The van der Waals surface area contributed by atoms with E-state index in [1.165, 1.54) is 83.5 Å². The van der Waals surface area contributed by atoms with E-state index in [2.05, 4.69) is 6.92 Å². The van der Waals surface area contributed by atoms with Gasteiger partial charge in [-0.25, -0.2) is 4.79 Å². The van der Waals surface area contributed by atoms with Gasteiger partial charge in [0.15, 0.2) is 11.5 Å². The SMILES string of the molecule is CCCCCCCCCCCCCCCCOc1ccc(CCC(=O)C(=N)C(=O)O)cc1. The Hall–Kier alpha value is -2.17. The Morgan fingerprint density at radius 1 is 0.781 bits per heavy atom. The average molecular weight is 446 g/mol. The van der Waals surface area contributed by atoms with Crippen LogP contribution >= 0.6 is 0 Å². The second kappa shape index (κ2) is 18.4. The fraction of sp³-hybridized carbons (Fsp3) is 0.667. The Bertz CT molecular complexity index is 654. The van der Waals surface area contributed by atoms with Crippen LogP contribution in [0.4, 0.5) is 0 Å². The van der Waals surface area contributed by atoms with Crippen molar-refractivity contribution in [2.45, 2.75) is 110 Å². The molecule has 0 amide bonds. The maximum absolute atomic E-state index is 11.6. The molecule has 0 bridgehead atoms. The molecule has 0 spiro atoms. The highest BCUT2D eigenvalue weighted by atomic mass is 16.5. The minimum Gasteiger partial charge on any atom is -0.494 e. The molecule has 32 heavy (non-hydrogen) atoms. The van der Waals surface area contributed by atoms with Crippen molar-refractivity contribution in [2.75, 3.05) is 6.61 Å². The molecular weight excluding hydrogens is 402 g/mol. The average Bonchev–Trinajstić information content (AvgIpc) is 2.80. The number of Topliss-reactive ketones (excluding diaryl/α,β-unsaturated/α-hetero) is 1. The van der Waals surface area contributed by atoms with Crippen molar-refractivity contribution in [3.8, 4) is 5.75 Å². The van der Waals surface area contributed by atoms with Gasteiger partial charge in [0.25, 0.3) is 0 Å². The van der Waals surface area contributed by atoms with Crippen molar-refractivity contribution in [3.05, 3.63) is 29.8 Å². The summed E-state index contributed by atoms with van der Waals surface area (Å²) in [5.74, 6) is -1.30. The van der Waals surface area contributed by atoms with Crippen LogP contribution in [0.2, 0.25) is 0 Å². The van der Waals surface area contributed by atoms with Crippen LogP contribution < -0.4 is 4.74 Å². The molecule has 0 atom stereocenters. The van der Waals surface area contributed by atoms with Crippen molar-refractivity contribution >= 4 is 17.5 Å². The fourth-order valence-corrected chi connectivity index (χ4v) is 3.74. The molecule has 0 unspecified atom stereocenters. The number of hydrogen-bond acceptors (Lipinski definition) is 4. The number of nitrogens with one attached hydrogen (secondary N) is 1. The normalized spacial score (nSPS) is 10.8. The molecule has 5 nitrogen and oxygen atoms in total. The number of aliphatic carboxylic acids is 1. The van der Waals surface area contributed by atoms with Crippen molar-refractivity contribution in [1.29, 1.82) is 5.41 Å². The number of unbranched alkanes of at least 4 members (excludes halogenated alkanes) is 13. The second-order valence-corrected chi connectivity index (χ2v) is 8.69. The summed E-state index contributed by atoms with van der Waals surface area (Å²) in [5, 5.41) is 15.8. The lowest BCUT2D eigenvalue weighted by Gasteiger charge is -2.07. The molecule has 180 valence electrons. The number of ether oxygens (including phenoxy) is 1. The molecule has 0 aliphatic heterocycles. The molecule has 1 rings (SSSR count). The minimum absolute atomic E-state index is 0.0321. The first-order valence-electron chi connectivity index (χ1n) is 12.6. The third-order valence-electron chi connectivity index (χ3n) is 5.82. The van der Waals surface area contributed by atoms with E-state index in [1.54, 1.807) is 0 Å². The van der Waals surface area contributed by atoms with Gasteiger partial charge in [0.2, 0.25) is 0 Å². The van der Waals surface area contributed by atoms with Crippen molar-refractivity contribution in [3.63, 3.8) is 0 Å². The summed E-state index contributed by atoms with van der Waals surface area (Å²) >= 11 is 0. The molecule has 0 radical (unpaired) electrons. The zero-order chi connectivity index (χ0) is 23.4. The van der Waals surface area contributed by atoms with E-state index < -0.39 is 17.5 Å². The summed E-state index contributed by atoms with van der Waals surface area (Å²) in [5.41, 5.74) is 0.0819. The Labute approximate surface area is 194 Å². The predicted octanol–water partition coefficient (Wildman–Crippen LogP) is 7.15. The summed E-state index contributed by atoms with van der Waals surface area (Å²) in [4.78, 5) is 22.2. The van der Waals surface area contributed by atoms with Gasteiger partial charge < -0.3 is 9.84 Å². The zero-order valence-corrected chi connectivity index (χ0v) is 20.0. The number of hydrogen-bond donors (Lipinski definition) is 2. The van der Waals surface area contributed by atoms with Crippen LogP contribution in [0.3, 0.4) is 0 Å². The highest BCUT2D eigenvalue weighted by molar-refractivity contribution is 6.62. The van der Waals surface area contributed by atoms with E-state index >= 15 is 0 Å². The van der Waals surface area contributed by atoms with Crippen LogP contribution in [0.15, 0.2) is 24.3 Å². The van der Waals surface area contributed by atoms with E-state index in [-0.39, 0.29) is 6.42 Å². The summed E-state index contributed by atoms with van der Waals surface area (Å²) in [6.45, 7) is 2.98. The standard InChI is InChI=1S/C27H43NO4/c1-2-3-4-5-6-7-8-9-10-11-12-13-14-15-22-32-24-19-16-23(17-20-24)18-21-25(29)26(28)27(30)31/h16-17,19-20,28H,2-15,18,21-22H2,1H3,(H,30,31). The van der Waals surface area contributed by atoms with E-state index in [0.29, 0.717) is 13.0 Å². The number of carbonyl (C=O) groups is 2. The number of aryl methyl sites for hydroxylation is 1. The van der Waals surface area contributed by atoms with Gasteiger partial charge in [0, 0.05) is 6.42 Å². The Kier molecular flexibility index (Phi) is 16.0. The van der Waals surface area contributed by atoms with Gasteiger partial charge in [-0.1, -0.05) is 103 Å². The molecule has 1 aromatic carbocycles. The first-order valence-corrected chi connectivity index (χ1v) is 12.6. The molecular formula is C27H43NO4. The number of benzene rings is 1. The molecule has 0 aliphatic carbocycles. The maximum atomic E-state index is 11.6. The summed E-state index contributed by atoms with van der Waals surface area (Å²) < 4.78 is 5.78. The quantitative estimate of drug-likeness (QED) is 0.119. The lowest BCUT2D eigenvalue weighted by Crippen LogP contribution is -2.22. The van der Waals surface area contributed by atoms with E-state index in [9.17, 15) is 9.59 Å². The molecule has 0 saturated heterocycles. The highest BCUT2D eigenvalue weighted by Gasteiger charge is 2.16. The van der Waals surface area contributed by atoms with Gasteiger partial charge in [0.1, 0.15) is 5.75 Å². The summed E-state index contributed by atoms with van der Waals surface area (Å²) in [7, 11) is 0. The first kappa shape index (κ1) is 27.9. The maximum Gasteiger partial charge on any atom is 0.357 e. The molecule has 0 heterocycles. The van der Waals surface area contributed by atoms with Crippen LogP contribution in [-0.4, -0.2) is 29.2 Å². The van der Waals surface area contributed by atoms with Gasteiger partial charge in [-0.2, -0.15) is 0 Å². The third-order valence-corrected chi connectivity index (χ3v) is 5.82. The van der Waals surface area contributed by atoms with Crippen LogP contribution in [0, 0.1) is 5.41 Å². The smallest absolute Gasteiger partial charge is 0.357 e. The van der Waals surface area contributed by atoms with Gasteiger partial charge in [0.05, 0.1) is 6.61 Å². The molecule has 0 fully saturated rings. The van der Waals surface area contributed by atoms with Crippen LogP contribution in [0.1, 0.15) is 109 Å². The number of ketones is 1. The topological polar surface area (TPSA) is 87.5 Å². The van der Waals surface area contributed by atoms with Crippen molar-refractivity contribution in [2.24, 2.45) is 0 Å². The number of rotatable bonds is 21. The van der Waals surface area contributed by atoms with Crippen LogP contribution in [-0.2, 0) is 16.0 Å². The van der Waals surface area contributed by atoms with Crippen LogP contribution in [0.5, 0.6) is 5.75 Å². The van der Waals surface area contributed by atoms with Gasteiger partial charge in [-0.05, 0) is 30.5 Å².